The van der Waals surface area contributed by atoms with Crippen molar-refractivity contribution < 1.29 is 14.3 Å². The van der Waals surface area contributed by atoms with E-state index in [1.807, 2.05) is 24.3 Å². The summed E-state index contributed by atoms with van der Waals surface area (Å²) in [6.45, 7) is 3.52. The van der Waals surface area contributed by atoms with Gasteiger partial charge in [-0.05, 0) is 36.5 Å². The number of benzene rings is 1. The summed E-state index contributed by atoms with van der Waals surface area (Å²) >= 11 is 0. The highest BCUT2D eigenvalue weighted by Gasteiger charge is 2.17. The third-order valence-electron chi connectivity index (χ3n) is 3.73. The summed E-state index contributed by atoms with van der Waals surface area (Å²) in [5.74, 6) is 1.12. The average molecular weight is 277 g/mol. The van der Waals surface area contributed by atoms with Crippen LogP contribution in [0.4, 0.5) is 0 Å². The van der Waals surface area contributed by atoms with Gasteiger partial charge in [0.2, 0.25) is 5.91 Å². The number of ether oxygens (including phenoxy) is 2. The third kappa shape index (κ3) is 4.23. The summed E-state index contributed by atoms with van der Waals surface area (Å²) < 4.78 is 10.6. The molecule has 1 aliphatic heterocycles. The van der Waals surface area contributed by atoms with E-state index in [1.165, 1.54) is 0 Å². The highest BCUT2D eigenvalue weighted by atomic mass is 16.5. The van der Waals surface area contributed by atoms with Crippen LogP contribution in [-0.2, 0) is 9.53 Å². The Kier molecular flexibility index (Phi) is 5.41. The lowest BCUT2D eigenvalue weighted by molar-refractivity contribution is -0.121. The van der Waals surface area contributed by atoms with Crippen molar-refractivity contribution >= 4 is 5.91 Å². The Morgan fingerprint density at radius 3 is 2.80 bits per heavy atom. The largest absolute Gasteiger partial charge is 0.497 e. The van der Waals surface area contributed by atoms with Crippen molar-refractivity contribution in [2.24, 2.45) is 0 Å². The van der Waals surface area contributed by atoms with Crippen LogP contribution < -0.4 is 10.1 Å². The second kappa shape index (κ2) is 7.29. The number of amides is 1. The second-order valence-electron chi connectivity index (χ2n) is 5.32. The van der Waals surface area contributed by atoms with Gasteiger partial charge in [0.15, 0.2) is 0 Å². The van der Waals surface area contributed by atoms with E-state index in [9.17, 15) is 4.79 Å². The Morgan fingerprint density at radius 1 is 1.45 bits per heavy atom. The van der Waals surface area contributed by atoms with Gasteiger partial charge in [-0.15, -0.1) is 0 Å². The van der Waals surface area contributed by atoms with Gasteiger partial charge in [0.25, 0.3) is 0 Å². The molecule has 1 fully saturated rings. The molecule has 1 saturated heterocycles. The van der Waals surface area contributed by atoms with Gasteiger partial charge in [-0.2, -0.15) is 0 Å². The number of nitrogens with one attached hydrogen (secondary N) is 1. The Balaban J connectivity index is 1.77. The predicted octanol–water partition coefficient (Wildman–Crippen LogP) is 2.48. The number of rotatable bonds is 6. The van der Waals surface area contributed by atoms with Crippen LogP contribution in [-0.4, -0.2) is 32.3 Å². The van der Waals surface area contributed by atoms with E-state index in [4.69, 9.17) is 9.47 Å². The lowest BCUT2D eigenvalue weighted by atomic mass is 9.97. The summed E-state index contributed by atoms with van der Waals surface area (Å²) in [6, 6.07) is 7.87. The van der Waals surface area contributed by atoms with Crippen molar-refractivity contribution in [2.45, 2.75) is 38.2 Å². The molecule has 2 unspecified atom stereocenters. The van der Waals surface area contributed by atoms with Crippen molar-refractivity contribution in [2.75, 3.05) is 20.3 Å². The fourth-order valence-corrected chi connectivity index (χ4v) is 2.43. The summed E-state index contributed by atoms with van der Waals surface area (Å²) in [5, 5.41) is 2.96. The molecule has 110 valence electrons. The fourth-order valence-electron chi connectivity index (χ4n) is 2.43. The molecule has 1 aromatic rings. The molecule has 0 spiro atoms. The lowest BCUT2D eigenvalue weighted by Crippen LogP contribution is -2.32. The molecular weight excluding hydrogens is 254 g/mol. The number of hydrogen-bond donors (Lipinski definition) is 1. The first kappa shape index (κ1) is 14.9. The van der Waals surface area contributed by atoms with Crippen LogP contribution in [0.25, 0.3) is 0 Å². The van der Waals surface area contributed by atoms with Crippen molar-refractivity contribution in [1.29, 1.82) is 0 Å². The summed E-state index contributed by atoms with van der Waals surface area (Å²) in [7, 11) is 1.65. The molecule has 1 aromatic carbocycles. The van der Waals surface area contributed by atoms with E-state index in [1.54, 1.807) is 7.11 Å². The fraction of sp³-hybridized carbons (Fsp3) is 0.562. The minimum atomic E-state index is 0.0869. The van der Waals surface area contributed by atoms with Crippen LogP contribution in [0, 0.1) is 0 Å². The van der Waals surface area contributed by atoms with Crippen LogP contribution in [0.15, 0.2) is 24.3 Å². The molecule has 1 N–H and O–H groups in total. The van der Waals surface area contributed by atoms with E-state index < -0.39 is 0 Å². The van der Waals surface area contributed by atoms with Crippen molar-refractivity contribution in [3.8, 4) is 5.75 Å². The van der Waals surface area contributed by atoms with Gasteiger partial charge in [0, 0.05) is 19.6 Å². The number of carbonyl (C=O) groups excluding carboxylic acids is 1. The van der Waals surface area contributed by atoms with Crippen molar-refractivity contribution in [1.82, 2.24) is 5.32 Å². The van der Waals surface area contributed by atoms with E-state index in [2.05, 4.69) is 12.2 Å². The van der Waals surface area contributed by atoms with Crippen molar-refractivity contribution in [3.05, 3.63) is 29.8 Å². The molecule has 0 bridgehead atoms. The molecule has 1 aliphatic rings. The Morgan fingerprint density at radius 2 is 2.20 bits per heavy atom. The third-order valence-corrected chi connectivity index (χ3v) is 3.73. The monoisotopic (exact) mass is 277 g/mol. The van der Waals surface area contributed by atoms with Crippen LogP contribution in [0.5, 0.6) is 5.75 Å². The molecule has 0 aliphatic carbocycles. The zero-order chi connectivity index (χ0) is 14.4. The van der Waals surface area contributed by atoms with Gasteiger partial charge in [-0.3, -0.25) is 4.79 Å². The number of methoxy groups -OCH3 is 1. The van der Waals surface area contributed by atoms with E-state index in [0.717, 1.165) is 30.8 Å². The zero-order valence-electron chi connectivity index (χ0n) is 12.2. The Hall–Kier alpha value is -1.55. The van der Waals surface area contributed by atoms with E-state index in [-0.39, 0.29) is 17.9 Å². The predicted molar refractivity (Wildman–Crippen MR) is 78.0 cm³/mol. The molecular formula is C16H23NO3. The summed E-state index contributed by atoms with van der Waals surface area (Å²) in [6.07, 6.45) is 2.85. The first-order chi connectivity index (χ1) is 9.69. The maximum absolute atomic E-state index is 11.9. The quantitative estimate of drug-likeness (QED) is 0.869. The molecule has 4 nitrogen and oxygen atoms in total. The van der Waals surface area contributed by atoms with Gasteiger partial charge in [-0.1, -0.05) is 19.1 Å². The molecule has 20 heavy (non-hydrogen) atoms. The SMILES string of the molecule is COc1ccc(C(C)CC(=O)NCC2CCCO2)cc1. The summed E-state index contributed by atoms with van der Waals surface area (Å²) in [4.78, 5) is 11.9. The molecule has 0 saturated carbocycles. The van der Waals surface area contributed by atoms with E-state index >= 15 is 0 Å². The number of carbonyl (C=O) groups is 1. The van der Waals surface area contributed by atoms with Crippen LogP contribution in [0.1, 0.15) is 37.7 Å². The van der Waals surface area contributed by atoms with Gasteiger partial charge < -0.3 is 14.8 Å². The molecule has 4 heteroatoms. The smallest absolute Gasteiger partial charge is 0.220 e. The first-order valence-electron chi connectivity index (χ1n) is 7.21. The molecule has 1 heterocycles. The Bertz CT molecular complexity index is 424. The lowest BCUT2D eigenvalue weighted by Gasteiger charge is -2.14. The maximum atomic E-state index is 11.9. The normalized spacial score (nSPS) is 19.6. The highest BCUT2D eigenvalue weighted by Crippen LogP contribution is 2.21. The van der Waals surface area contributed by atoms with Crippen molar-refractivity contribution in [3.63, 3.8) is 0 Å². The second-order valence-corrected chi connectivity index (χ2v) is 5.32. The Labute approximate surface area is 120 Å². The molecule has 1 amide bonds. The molecule has 0 aromatic heterocycles. The van der Waals surface area contributed by atoms with Gasteiger partial charge >= 0.3 is 0 Å². The average Bonchev–Trinajstić information content (AvgIpc) is 2.98. The van der Waals surface area contributed by atoms with Crippen LogP contribution in [0.3, 0.4) is 0 Å². The van der Waals surface area contributed by atoms with Gasteiger partial charge in [-0.25, -0.2) is 0 Å². The minimum absolute atomic E-state index is 0.0869. The van der Waals surface area contributed by atoms with E-state index in [0.29, 0.717) is 13.0 Å². The van der Waals surface area contributed by atoms with Crippen LogP contribution >= 0.6 is 0 Å². The maximum Gasteiger partial charge on any atom is 0.220 e. The van der Waals surface area contributed by atoms with Crippen LogP contribution in [0.2, 0.25) is 0 Å². The zero-order valence-corrected chi connectivity index (χ0v) is 12.2. The summed E-state index contributed by atoms with van der Waals surface area (Å²) in [5.41, 5.74) is 1.15. The molecule has 2 rings (SSSR count). The minimum Gasteiger partial charge on any atom is -0.497 e. The standard InChI is InChI=1S/C16H23NO3/c1-12(13-5-7-14(19-2)8-6-13)10-16(18)17-11-15-4-3-9-20-15/h5-8,12,15H,3-4,9-11H2,1-2H3,(H,17,18). The highest BCUT2D eigenvalue weighted by molar-refractivity contribution is 5.76. The first-order valence-corrected chi connectivity index (χ1v) is 7.21. The molecule has 0 radical (unpaired) electrons. The topological polar surface area (TPSA) is 47.6 Å². The molecule has 2 atom stereocenters. The van der Waals surface area contributed by atoms with Gasteiger partial charge in [0.1, 0.15) is 5.75 Å². The number of hydrogen-bond acceptors (Lipinski definition) is 3. The van der Waals surface area contributed by atoms with Gasteiger partial charge in [0.05, 0.1) is 13.2 Å².